The van der Waals surface area contributed by atoms with Crippen LogP contribution in [-0.4, -0.2) is 49.5 Å². The van der Waals surface area contributed by atoms with Gasteiger partial charge in [-0.25, -0.2) is 0 Å². The van der Waals surface area contributed by atoms with E-state index in [1.807, 2.05) is 19.1 Å². The highest BCUT2D eigenvalue weighted by Crippen LogP contribution is 2.29. The van der Waals surface area contributed by atoms with E-state index in [0.717, 1.165) is 28.7 Å². The summed E-state index contributed by atoms with van der Waals surface area (Å²) in [5, 5.41) is 10.1. The van der Waals surface area contributed by atoms with Gasteiger partial charge in [0, 0.05) is 43.9 Å². The third-order valence-corrected chi connectivity index (χ3v) is 4.09. The second-order valence-corrected chi connectivity index (χ2v) is 5.89. The predicted molar refractivity (Wildman–Crippen MR) is 77.4 cm³/mol. The Hall–Kier alpha value is -0.620. The van der Waals surface area contributed by atoms with Crippen molar-refractivity contribution in [1.82, 2.24) is 4.90 Å². The number of phenols is 1. The van der Waals surface area contributed by atoms with Crippen molar-refractivity contribution in [3.05, 3.63) is 27.7 Å². The van der Waals surface area contributed by atoms with Crippen molar-refractivity contribution in [1.29, 1.82) is 0 Å². The molecule has 4 nitrogen and oxygen atoms in total. The van der Waals surface area contributed by atoms with Crippen molar-refractivity contribution < 1.29 is 14.6 Å². The molecule has 19 heavy (non-hydrogen) atoms. The summed E-state index contributed by atoms with van der Waals surface area (Å²) in [6.45, 7) is 4.25. The molecule has 106 valence electrons. The summed E-state index contributed by atoms with van der Waals surface area (Å²) in [5.41, 5.74) is 1.81. The number of hydrogen-bond acceptors (Lipinski definition) is 4. The predicted octanol–water partition coefficient (Wildman–Crippen LogP) is 2.31. The molecule has 0 aromatic heterocycles. The Morgan fingerprint density at radius 1 is 1.26 bits per heavy atom. The lowest BCUT2D eigenvalue weighted by Gasteiger charge is -2.17. The van der Waals surface area contributed by atoms with Gasteiger partial charge in [-0.15, -0.1) is 0 Å². The van der Waals surface area contributed by atoms with E-state index in [1.165, 1.54) is 0 Å². The van der Waals surface area contributed by atoms with Crippen molar-refractivity contribution in [2.45, 2.75) is 25.7 Å². The van der Waals surface area contributed by atoms with E-state index in [9.17, 15) is 5.11 Å². The summed E-state index contributed by atoms with van der Waals surface area (Å²) in [5.74, 6) is 0.373. The molecule has 0 spiro atoms. The normalized spacial score (nSPS) is 24.0. The molecular weight excluding hydrogens is 310 g/mol. The van der Waals surface area contributed by atoms with Crippen LogP contribution in [0.2, 0.25) is 0 Å². The number of halogens is 1. The second kappa shape index (κ2) is 6.22. The molecule has 2 rings (SSSR count). The van der Waals surface area contributed by atoms with Crippen molar-refractivity contribution in [3.8, 4) is 5.75 Å². The van der Waals surface area contributed by atoms with Crippen LogP contribution >= 0.6 is 15.9 Å². The number of rotatable bonds is 4. The fourth-order valence-electron chi connectivity index (χ4n) is 2.57. The minimum absolute atomic E-state index is 0.0976. The number of methoxy groups -OCH3 is 2. The molecule has 0 radical (unpaired) electrons. The zero-order chi connectivity index (χ0) is 14.0. The number of nitrogens with zero attached hydrogens (tertiary/aromatic N) is 1. The summed E-state index contributed by atoms with van der Waals surface area (Å²) in [7, 11) is 3.42. The Bertz CT molecular complexity index is 441. The lowest BCUT2D eigenvalue weighted by molar-refractivity contribution is -0.00461. The molecule has 1 fully saturated rings. The van der Waals surface area contributed by atoms with Gasteiger partial charge in [0.25, 0.3) is 0 Å². The molecule has 1 aliphatic rings. The molecule has 1 heterocycles. The second-order valence-electron chi connectivity index (χ2n) is 4.97. The van der Waals surface area contributed by atoms with E-state index >= 15 is 0 Å². The van der Waals surface area contributed by atoms with E-state index in [2.05, 4.69) is 20.8 Å². The fraction of sp³-hybridized carbons (Fsp3) is 0.571. The van der Waals surface area contributed by atoms with Gasteiger partial charge >= 0.3 is 0 Å². The van der Waals surface area contributed by atoms with Crippen LogP contribution < -0.4 is 0 Å². The maximum absolute atomic E-state index is 10.1. The van der Waals surface area contributed by atoms with Crippen LogP contribution in [0.25, 0.3) is 0 Å². The topological polar surface area (TPSA) is 41.9 Å². The first-order valence-electron chi connectivity index (χ1n) is 6.31. The standard InChI is InChI=1S/C14H20BrNO3/c1-9-4-11(15)5-10(14(9)17)6-16-7-12(18-2)13(8-16)19-3/h4-5,12-13,17H,6-8H2,1-3H3. The smallest absolute Gasteiger partial charge is 0.123 e. The van der Waals surface area contributed by atoms with Gasteiger partial charge in [0.1, 0.15) is 5.75 Å². The number of hydrogen-bond donors (Lipinski definition) is 1. The Morgan fingerprint density at radius 2 is 1.84 bits per heavy atom. The van der Waals surface area contributed by atoms with Gasteiger partial charge in [0.15, 0.2) is 0 Å². The third-order valence-electron chi connectivity index (χ3n) is 3.63. The molecule has 1 aromatic carbocycles. The third kappa shape index (κ3) is 3.28. The fourth-order valence-corrected chi connectivity index (χ4v) is 3.19. The average molecular weight is 330 g/mol. The molecule has 2 atom stereocenters. The lowest BCUT2D eigenvalue weighted by Crippen LogP contribution is -2.27. The SMILES string of the molecule is COC1CN(Cc2cc(Br)cc(C)c2O)CC1OC. The van der Waals surface area contributed by atoms with E-state index in [1.54, 1.807) is 14.2 Å². The molecule has 1 aromatic rings. The largest absolute Gasteiger partial charge is 0.507 e. The van der Waals surface area contributed by atoms with Gasteiger partial charge in [0.05, 0.1) is 12.2 Å². The molecule has 1 saturated heterocycles. The molecular formula is C14H20BrNO3. The number of likely N-dealkylation sites (tertiary alicyclic amines) is 1. The van der Waals surface area contributed by atoms with E-state index in [4.69, 9.17) is 9.47 Å². The van der Waals surface area contributed by atoms with Crippen LogP contribution in [0.15, 0.2) is 16.6 Å². The number of aromatic hydroxyl groups is 1. The van der Waals surface area contributed by atoms with Crippen LogP contribution in [0.5, 0.6) is 5.75 Å². The highest BCUT2D eigenvalue weighted by molar-refractivity contribution is 9.10. The van der Waals surface area contributed by atoms with Crippen molar-refractivity contribution in [2.24, 2.45) is 0 Å². The Balaban J connectivity index is 2.10. The maximum Gasteiger partial charge on any atom is 0.123 e. The summed E-state index contributed by atoms with van der Waals surface area (Å²) in [6, 6.07) is 3.88. The van der Waals surface area contributed by atoms with Crippen molar-refractivity contribution in [2.75, 3.05) is 27.3 Å². The summed E-state index contributed by atoms with van der Waals surface area (Å²) >= 11 is 3.47. The van der Waals surface area contributed by atoms with Gasteiger partial charge in [-0.1, -0.05) is 15.9 Å². The molecule has 2 unspecified atom stereocenters. The van der Waals surface area contributed by atoms with Crippen LogP contribution in [0.4, 0.5) is 0 Å². The molecule has 1 aliphatic heterocycles. The van der Waals surface area contributed by atoms with Gasteiger partial charge in [-0.3, -0.25) is 4.90 Å². The Morgan fingerprint density at radius 3 is 2.37 bits per heavy atom. The quantitative estimate of drug-likeness (QED) is 0.920. The number of benzene rings is 1. The van der Waals surface area contributed by atoms with Crippen LogP contribution in [0.1, 0.15) is 11.1 Å². The number of ether oxygens (including phenoxy) is 2. The maximum atomic E-state index is 10.1. The monoisotopic (exact) mass is 329 g/mol. The highest BCUT2D eigenvalue weighted by Gasteiger charge is 2.33. The Kier molecular flexibility index (Phi) is 4.84. The number of aryl methyl sites for hydroxylation is 1. The molecule has 1 N–H and O–H groups in total. The van der Waals surface area contributed by atoms with Gasteiger partial charge in [-0.2, -0.15) is 0 Å². The first-order valence-corrected chi connectivity index (χ1v) is 7.10. The van der Waals surface area contributed by atoms with Crippen molar-refractivity contribution >= 4 is 15.9 Å². The minimum Gasteiger partial charge on any atom is -0.507 e. The van der Waals surface area contributed by atoms with Crippen LogP contribution in [0.3, 0.4) is 0 Å². The van der Waals surface area contributed by atoms with Crippen molar-refractivity contribution in [3.63, 3.8) is 0 Å². The minimum atomic E-state index is 0.0976. The summed E-state index contributed by atoms with van der Waals surface area (Å²) in [6.07, 6.45) is 0.195. The highest BCUT2D eigenvalue weighted by atomic mass is 79.9. The van der Waals surface area contributed by atoms with Crippen LogP contribution in [-0.2, 0) is 16.0 Å². The molecule has 0 aliphatic carbocycles. The summed E-state index contributed by atoms with van der Waals surface area (Å²) in [4.78, 5) is 2.24. The molecule has 0 saturated carbocycles. The first-order chi connectivity index (χ1) is 9.05. The molecule has 5 heteroatoms. The van der Waals surface area contributed by atoms with Crippen LogP contribution in [0, 0.1) is 6.92 Å². The first kappa shape index (κ1) is 14.8. The number of phenolic OH excluding ortho intramolecular Hbond substituents is 1. The average Bonchev–Trinajstić information content (AvgIpc) is 2.77. The molecule has 0 bridgehead atoms. The van der Waals surface area contributed by atoms with E-state index < -0.39 is 0 Å². The van der Waals surface area contributed by atoms with Gasteiger partial charge < -0.3 is 14.6 Å². The zero-order valence-electron chi connectivity index (χ0n) is 11.5. The molecule has 0 amide bonds. The van der Waals surface area contributed by atoms with Gasteiger partial charge in [0.2, 0.25) is 0 Å². The lowest BCUT2D eigenvalue weighted by atomic mass is 10.1. The van der Waals surface area contributed by atoms with Gasteiger partial charge in [-0.05, 0) is 24.6 Å². The van der Waals surface area contributed by atoms with E-state index in [0.29, 0.717) is 12.3 Å². The van der Waals surface area contributed by atoms with E-state index in [-0.39, 0.29) is 12.2 Å². The summed E-state index contributed by atoms with van der Waals surface area (Å²) < 4.78 is 11.8. The Labute approximate surface area is 122 Å². The zero-order valence-corrected chi connectivity index (χ0v) is 13.1.